The van der Waals surface area contributed by atoms with Crippen molar-refractivity contribution in [2.24, 2.45) is 5.92 Å². The molecule has 88 valence electrons. The van der Waals surface area contributed by atoms with E-state index in [1.807, 2.05) is 11.8 Å². The van der Waals surface area contributed by atoms with Crippen molar-refractivity contribution in [3.63, 3.8) is 0 Å². The Balaban J connectivity index is 1.95. The Kier molecular flexibility index (Phi) is 2.42. The van der Waals surface area contributed by atoms with E-state index in [0.717, 1.165) is 0 Å². The summed E-state index contributed by atoms with van der Waals surface area (Å²) in [4.78, 5) is 1.46. The fourth-order valence-electron chi connectivity index (χ4n) is 2.79. The van der Waals surface area contributed by atoms with Crippen LogP contribution >= 0.6 is 27.7 Å². The highest BCUT2D eigenvalue weighted by Crippen LogP contribution is 2.52. The van der Waals surface area contributed by atoms with Crippen molar-refractivity contribution in [1.82, 2.24) is 0 Å². The fourth-order valence-corrected chi connectivity index (χ4v) is 4.81. The van der Waals surface area contributed by atoms with Crippen molar-refractivity contribution < 1.29 is 0 Å². The highest BCUT2D eigenvalue weighted by molar-refractivity contribution is 9.11. The van der Waals surface area contributed by atoms with Gasteiger partial charge in [-0.1, -0.05) is 64.5 Å². The number of thioether (sulfide) groups is 1. The van der Waals surface area contributed by atoms with Crippen LogP contribution in [0.25, 0.3) is 0 Å². The zero-order chi connectivity index (χ0) is 12.1. The lowest BCUT2D eigenvalue weighted by Gasteiger charge is -2.24. The van der Waals surface area contributed by atoms with Crippen LogP contribution in [0.5, 0.6) is 0 Å². The van der Waals surface area contributed by atoms with Gasteiger partial charge in [0.15, 0.2) is 0 Å². The van der Waals surface area contributed by atoms with E-state index in [-0.39, 0.29) is 0 Å². The predicted octanol–water partition coefficient (Wildman–Crippen LogP) is 4.81. The van der Waals surface area contributed by atoms with Crippen LogP contribution in [0.15, 0.2) is 80.8 Å². The van der Waals surface area contributed by atoms with Crippen LogP contribution < -0.4 is 0 Å². The Morgan fingerprint density at radius 2 is 1.72 bits per heavy atom. The number of halogens is 1. The first kappa shape index (κ1) is 10.9. The summed E-state index contributed by atoms with van der Waals surface area (Å²) in [5.41, 5.74) is 4.29. The Bertz CT molecular complexity index is 638. The maximum atomic E-state index is 3.74. The largest absolute Gasteiger partial charge is 0.113 e. The molecule has 4 aliphatic rings. The predicted molar refractivity (Wildman–Crippen MR) is 82.5 cm³/mol. The number of fused-ring (bicyclic) bond motifs is 3. The maximum absolute atomic E-state index is 3.74. The molecule has 0 aromatic heterocycles. The van der Waals surface area contributed by atoms with Crippen LogP contribution in [0.4, 0.5) is 0 Å². The molecule has 3 aliphatic carbocycles. The van der Waals surface area contributed by atoms with Gasteiger partial charge in [-0.3, -0.25) is 0 Å². The van der Waals surface area contributed by atoms with Crippen molar-refractivity contribution in [1.29, 1.82) is 0 Å². The van der Waals surface area contributed by atoms with Gasteiger partial charge in [0.25, 0.3) is 0 Å². The SMILES string of the molecule is BrC1=CC2=C3C=CC=CC3SC2=C2C=CC=CC12. The molecule has 0 spiro atoms. The van der Waals surface area contributed by atoms with Gasteiger partial charge in [-0.15, -0.1) is 11.8 Å². The summed E-state index contributed by atoms with van der Waals surface area (Å²) in [6.45, 7) is 0. The number of hydrogen-bond donors (Lipinski definition) is 0. The summed E-state index contributed by atoms with van der Waals surface area (Å²) in [5.74, 6) is 0.412. The molecule has 18 heavy (non-hydrogen) atoms. The molecular formula is C16H11BrS. The van der Waals surface area contributed by atoms with Crippen LogP contribution in [0.2, 0.25) is 0 Å². The zero-order valence-corrected chi connectivity index (χ0v) is 12.0. The fraction of sp³-hybridized carbons (Fsp3) is 0.125. The smallest absolute Gasteiger partial charge is 0.0534 e. The quantitative estimate of drug-likeness (QED) is 0.618. The molecule has 0 bridgehead atoms. The second-order valence-corrected chi connectivity index (χ2v) is 6.75. The van der Waals surface area contributed by atoms with Crippen molar-refractivity contribution in [2.45, 2.75) is 5.25 Å². The van der Waals surface area contributed by atoms with E-state index in [1.54, 1.807) is 0 Å². The third-order valence-corrected chi connectivity index (χ3v) is 5.73. The number of rotatable bonds is 0. The minimum atomic E-state index is 0.412. The molecular weight excluding hydrogens is 304 g/mol. The molecule has 0 saturated carbocycles. The topological polar surface area (TPSA) is 0 Å². The summed E-state index contributed by atoms with van der Waals surface area (Å²) >= 11 is 5.72. The Morgan fingerprint density at radius 3 is 2.61 bits per heavy atom. The van der Waals surface area contributed by atoms with Crippen LogP contribution in [0, 0.1) is 5.92 Å². The molecule has 0 aromatic carbocycles. The van der Waals surface area contributed by atoms with E-state index in [2.05, 4.69) is 70.6 Å². The third-order valence-electron chi connectivity index (χ3n) is 3.65. The lowest BCUT2D eigenvalue weighted by molar-refractivity contribution is 0.960. The van der Waals surface area contributed by atoms with Gasteiger partial charge in [-0.05, 0) is 22.8 Å². The second-order valence-electron chi connectivity index (χ2n) is 4.69. The van der Waals surface area contributed by atoms with Crippen LogP contribution in [0.3, 0.4) is 0 Å². The highest BCUT2D eigenvalue weighted by Gasteiger charge is 2.34. The molecule has 0 fully saturated rings. The van der Waals surface area contributed by atoms with Gasteiger partial charge in [0.2, 0.25) is 0 Å². The first-order chi connectivity index (χ1) is 8.84. The third kappa shape index (κ3) is 1.45. The molecule has 1 heterocycles. The molecule has 0 radical (unpaired) electrons. The monoisotopic (exact) mass is 314 g/mol. The van der Waals surface area contributed by atoms with Crippen LogP contribution in [0.1, 0.15) is 0 Å². The average Bonchev–Trinajstić information content (AvgIpc) is 2.78. The molecule has 4 rings (SSSR count). The van der Waals surface area contributed by atoms with Gasteiger partial charge in [-0.25, -0.2) is 0 Å². The lowest BCUT2D eigenvalue weighted by atomic mass is 9.86. The molecule has 1 aliphatic heterocycles. The highest BCUT2D eigenvalue weighted by atomic mass is 79.9. The van der Waals surface area contributed by atoms with Crippen molar-refractivity contribution in [2.75, 3.05) is 0 Å². The van der Waals surface area contributed by atoms with Gasteiger partial charge in [0, 0.05) is 15.3 Å². The van der Waals surface area contributed by atoms with Crippen molar-refractivity contribution in [3.05, 3.63) is 80.8 Å². The van der Waals surface area contributed by atoms with E-state index < -0.39 is 0 Å². The Hall–Kier alpha value is -0.990. The van der Waals surface area contributed by atoms with Crippen molar-refractivity contribution in [3.8, 4) is 0 Å². The van der Waals surface area contributed by atoms with Gasteiger partial charge in [0.1, 0.15) is 0 Å². The van der Waals surface area contributed by atoms with E-state index in [0.29, 0.717) is 11.2 Å². The maximum Gasteiger partial charge on any atom is 0.0534 e. The van der Waals surface area contributed by atoms with E-state index in [1.165, 1.54) is 26.1 Å². The Morgan fingerprint density at radius 1 is 0.944 bits per heavy atom. The first-order valence-corrected chi connectivity index (χ1v) is 7.74. The summed E-state index contributed by atoms with van der Waals surface area (Å²) in [7, 11) is 0. The summed E-state index contributed by atoms with van der Waals surface area (Å²) in [6, 6.07) is 0. The molecule has 0 saturated heterocycles. The van der Waals surface area contributed by atoms with Gasteiger partial charge in [-0.2, -0.15) is 0 Å². The minimum absolute atomic E-state index is 0.412. The summed E-state index contributed by atoms with van der Waals surface area (Å²) < 4.78 is 1.27. The van der Waals surface area contributed by atoms with E-state index >= 15 is 0 Å². The normalized spacial score (nSPS) is 31.5. The van der Waals surface area contributed by atoms with Gasteiger partial charge >= 0.3 is 0 Å². The van der Waals surface area contributed by atoms with Crippen molar-refractivity contribution >= 4 is 27.7 Å². The molecule has 0 aromatic rings. The molecule has 2 atom stereocenters. The number of allylic oxidation sites excluding steroid dienone is 11. The number of hydrogen-bond acceptors (Lipinski definition) is 1. The average molecular weight is 315 g/mol. The second kappa shape index (κ2) is 4.01. The molecule has 2 unspecified atom stereocenters. The standard InChI is InChI=1S/C16H11BrS/c17-14-9-13-11-6-3-4-8-15(11)18-16(13)12-7-2-1-5-10(12)14/h1-10,15H. The molecule has 2 heteroatoms. The first-order valence-electron chi connectivity index (χ1n) is 6.07. The molecule has 0 amide bonds. The summed E-state index contributed by atoms with van der Waals surface area (Å²) in [6.07, 6.45) is 19.9. The summed E-state index contributed by atoms with van der Waals surface area (Å²) in [5, 5.41) is 0.502. The van der Waals surface area contributed by atoms with Gasteiger partial charge in [0.05, 0.1) is 5.25 Å². The van der Waals surface area contributed by atoms with Crippen LogP contribution in [-0.4, -0.2) is 5.25 Å². The van der Waals surface area contributed by atoms with E-state index in [9.17, 15) is 0 Å². The van der Waals surface area contributed by atoms with Gasteiger partial charge < -0.3 is 0 Å². The minimum Gasteiger partial charge on any atom is -0.113 e. The molecule has 0 N–H and O–H groups in total. The Labute approximate surface area is 119 Å². The van der Waals surface area contributed by atoms with Crippen LogP contribution in [-0.2, 0) is 0 Å². The lowest BCUT2D eigenvalue weighted by Crippen LogP contribution is -2.09. The molecule has 0 nitrogen and oxygen atoms in total. The zero-order valence-electron chi connectivity index (χ0n) is 9.64. The van der Waals surface area contributed by atoms with E-state index in [4.69, 9.17) is 0 Å².